The number of amides is 5. The normalized spacial score (nSPS) is 22.3. The van der Waals surface area contributed by atoms with Gasteiger partial charge in [0.15, 0.2) is 0 Å². The second-order valence-electron chi connectivity index (χ2n) is 5.11. The van der Waals surface area contributed by atoms with E-state index in [1.165, 1.54) is 4.90 Å². The first-order valence-corrected chi connectivity index (χ1v) is 6.00. The van der Waals surface area contributed by atoms with Gasteiger partial charge in [-0.05, 0) is 13.8 Å². The van der Waals surface area contributed by atoms with E-state index in [0.29, 0.717) is 13.1 Å². The molecule has 104 valence electrons. The van der Waals surface area contributed by atoms with Crippen molar-refractivity contribution in [1.82, 2.24) is 20.4 Å². The number of rotatable bonds is 2. The average molecular weight is 268 g/mol. The molecule has 19 heavy (non-hydrogen) atoms. The number of nitrogens with one attached hydrogen (secondary N) is 2. The van der Waals surface area contributed by atoms with Crippen molar-refractivity contribution in [1.29, 1.82) is 0 Å². The Morgan fingerprint density at radius 3 is 2.53 bits per heavy atom. The van der Waals surface area contributed by atoms with Gasteiger partial charge in [-0.1, -0.05) is 0 Å². The standard InChI is InChI=1S/C11H16N4O4/c1-11(2)9(18)15(10(19)13-11)6-8(17)14-4-3-12-7(16)5-14/h3-6H2,1-2H3,(H,12,16)(H,13,19). The van der Waals surface area contributed by atoms with Crippen LogP contribution >= 0.6 is 0 Å². The van der Waals surface area contributed by atoms with E-state index in [9.17, 15) is 19.2 Å². The van der Waals surface area contributed by atoms with Crippen LogP contribution in [-0.2, 0) is 14.4 Å². The summed E-state index contributed by atoms with van der Waals surface area (Å²) in [6.07, 6.45) is 0. The predicted molar refractivity (Wildman–Crippen MR) is 63.9 cm³/mol. The van der Waals surface area contributed by atoms with E-state index in [-0.39, 0.29) is 19.0 Å². The molecule has 0 saturated carbocycles. The van der Waals surface area contributed by atoms with Crippen molar-refractivity contribution in [3.63, 3.8) is 0 Å². The minimum Gasteiger partial charge on any atom is -0.353 e. The molecule has 2 aliphatic heterocycles. The number of carbonyl (C=O) groups excluding carboxylic acids is 4. The Morgan fingerprint density at radius 1 is 1.32 bits per heavy atom. The van der Waals surface area contributed by atoms with Gasteiger partial charge >= 0.3 is 6.03 Å². The number of carbonyl (C=O) groups is 4. The van der Waals surface area contributed by atoms with Crippen molar-refractivity contribution in [3.8, 4) is 0 Å². The zero-order valence-corrected chi connectivity index (χ0v) is 10.9. The number of hydrogen-bond acceptors (Lipinski definition) is 4. The van der Waals surface area contributed by atoms with Gasteiger partial charge in [-0.25, -0.2) is 4.79 Å². The second kappa shape index (κ2) is 4.52. The van der Waals surface area contributed by atoms with Gasteiger partial charge in [-0.15, -0.1) is 0 Å². The van der Waals surface area contributed by atoms with Gasteiger partial charge in [0.1, 0.15) is 12.1 Å². The summed E-state index contributed by atoms with van der Waals surface area (Å²) in [5.41, 5.74) is -0.989. The maximum atomic E-state index is 12.0. The highest BCUT2D eigenvalue weighted by Gasteiger charge is 2.45. The third kappa shape index (κ3) is 2.51. The van der Waals surface area contributed by atoms with Gasteiger partial charge in [-0.3, -0.25) is 19.3 Å². The van der Waals surface area contributed by atoms with E-state index in [1.807, 2.05) is 0 Å². The number of imide groups is 1. The maximum absolute atomic E-state index is 12.0. The molecule has 0 spiro atoms. The van der Waals surface area contributed by atoms with Crippen LogP contribution in [0.15, 0.2) is 0 Å². The molecule has 2 saturated heterocycles. The Hall–Kier alpha value is -2.12. The lowest BCUT2D eigenvalue weighted by Crippen LogP contribution is -2.53. The number of nitrogens with zero attached hydrogens (tertiary/aromatic N) is 2. The molecule has 0 unspecified atom stereocenters. The molecule has 0 radical (unpaired) electrons. The Morgan fingerprint density at radius 2 is 2.00 bits per heavy atom. The fourth-order valence-corrected chi connectivity index (χ4v) is 2.05. The number of hydrogen-bond donors (Lipinski definition) is 2. The zero-order valence-electron chi connectivity index (χ0n) is 10.9. The van der Waals surface area contributed by atoms with Crippen molar-refractivity contribution in [2.24, 2.45) is 0 Å². The van der Waals surface area contributed by atoms with Gasteiger partial charge in [0.2, 0.25) is 11.8 Å². The summed E-state index contributed by atoms with van der Waals surface area (Å²) in [5, 5.41) is 5.10. The molecular formula is C11H16N4O4. The van der Waals surface area contributed by atoms with Crippen LogP contribution in [0.4, 0.5) is 4.79 Å². The van der Waals surface area contributed by atoms with Crippen LogP contribution in [0.2, 0.25) is 0 Å². The van der Waals surface area contributed by atoms with Crippen molar-refractivity contribution in [2.75, 3.05) is 26.2 Å². The van der Waals surface area contributed by atoms with Gasteiger partial charge < -0.3 is 15.5 Å². The SMILES string of the molecule is CC1(C)NC(=O)N(CC(=O)N2CCNC(=O)C2)C1=O. The molecule has 2 aliphatic rings. The van der Waals surface area contributed by atoms with E-state index < -0.39 is 23.4 Å². The molecule has 2 fully saturated rings. The van der Waals surface area contributed by atoms with Crippen LogP contribution in [0, 0.1) is 0 Å². The van der Waals surface area contributed by atoms with E-state index in [4.69, 9.17) is 0 Å². The van der Waals surface area contributed by atoms with Crippen molar-refractivity contribution < 1.29 is 19.2 Å². The number of urea groups is 1. The lowest BCUT2D eigenvalue weighted by atomic mass is 10.1. The molecule has 0 bridgehead atoms. The molecule has 0 aromatic rings. The van der Waals surface area contributed by atoms with Crippen LogP contribution < -0.4 is 10.6 Å². The summed E-state index contributed by atoms with van der Waals surface area (Å²) >= 11 is 0. The molecule has 2 N–H and O–H groups in total. The first-order chi connectivity index (χ1) is 8.81. The summed E-state index contributed by atoms with van der Waals surface area (Å²) in [4.78, 5) is 48.9. The van der Waals surface area contributed by atoms with Crippen LogP contribution in [-0.4, -0.2) is 65.3 Å². The minimum atomic E-state index is -0.989. The van der Waals surface area contributed by atoms with E-state index in [0.717, 1.165) is 4.90 Å². The van der Waals surface area contributed by atoms with E-state index >= 15 is 0 Å². The minimum absolute atomic E-state index is 0.0358. The topological polar surface area (TPSA) is 98.8 Å². The second-order valence-corrected chi connectivity index (χ2v) is 5.11. The average Bonchev–Trinajstić information content (AvgIpc) is 2.51. The third-order valence-corrected chi connectivity index (χ3v) is 3.13. The molecule has 8 nitrogen and oxygen atoms in total. The van der Waals surface area contributed by atoms with Crippen LogP contribution in [0.3, 0.4) is 0 Å². The van der Waals surface area contributed by atoms with Gasteiger partial charge in [0, 0.05) is 13.1 Å². The summed E-state index contributed by atoms with van der Waals surface area (Å²) in [6, 6.07) is -0.579. The quantitative estimate of drug-likeness (QED) is 0.582. The summed E-state index contributed by atoms with van der Waals surface area (Å²) < 4.78 is 0. The summed E-state index contributed by atoms with van der Waals surface area (Å²) in [6.45, 7) is 3.55. The van der Waals surface area contributed by atoms with Crippen molar-refractivity contribution in [2.45, 2.75) is 19.4 Å². The Balaban J connectivity index is 2.01. The molecule has 5 amide bonds. The molecule has 8 heteroatoms. The van der Waals surface area contributed by atoms with Crippen LogP contribution in [0.25, 0.3) is 0 Å². The van der Waals surface area contributed by atoms with Crippen LogP contribution in [0.1, 0.15) is 13.8 Å². The van der Waals surface area contributed by atoms with Crippen molar-refractivity contribution >= 4 is 23.8 Å². The molecule has 0 aliphatic carbocycles. The Labute approximate surface area is 110 Å². The fourth-order valence-electron chi connectivity index (χ4n) is 2.05. The molecule has 0 atom stereocenters. The first kappa shape index (κ1) is 13.3. The summed E-state index contributed by atoms with van der Waals surface area (Å²) in [7, 11) is 0. The maximum Gasteiger partial charge on any atom is 0.325 e. The molecule has 0 aromatic heterocycles. The third-order valence-electron chi connectivity index (χ3n) is 3.13. The first-order valence-electron chi connectivity index (χ1n) is 6.00. The smallest absolute Gasteiger partial charge is 0.325 e. The summed E-state index contributed by atoms with van der Waals surface area (Å²) in [5.74, 6) is -1.08. The van der Waals surface area contributed by atoms with Gasteiger partial charge in [0.25, 0.3) is 5.91 Å². The lowest BCUT2D eigenvalue weighted by Gasteiger charge is -2.27. The molecule has 2 heterocycles. The predicted octanol–water partition coefficient (Wildman–Crippen LogP) is -1.72. The van der Waals surface area contributed by atoms with Gasteiger partial charge in [0.05, 0.1) is 6.54 Å². The monoisotopic (exact) mass is 268 g/mol. The molecule has 2 rings (SSSR count). The molecular weight excluding hydrogens is 252 g/mol. The Bertz CT molecular complexity index is 460. The highest BCUT2D eigenvalue weighted by atomic mass is 16.2. The number of piperazine rings is 1. The zero-order chi connectivity index (χ0) is 14.2. The Kier molecular flexibility index (Phi) is 3.17. The fraction of sp³-hybridized carbons (Fsp3) is 0.636. The molecule has 0 aromatic carbocycles. The van der Waals surface area contributed by atoms with E-state index in [2.05, 4.69) is 10.6 Å². The van der Waals surface area contributed by atoms with Gasteiger partial charge in [-0.2, -0.15) is 0 Å². The highest BCUT2D eigenvalue weighted by molar-refractivity contribution is 6.08. The largest absolute Gasteiger partial charge is 0.353 e. The highest BCUT2D eigenvalue weighted by Crippen LogP contribution is 2.16. The van der Waals surface area contributed by atoms with Crippen molar-refractivity contribution in [3.05, 3.63) is 0 Å². The lowest BCUT2D eigenvalue weighted by molar-refractivity contribution is -0.141. The van der Waals surface area contributed by atoms with E-state index in [1.54, 1.807) is 13.8 Å². The van der Waals surface area contributed by atoms with Crippen LogP contribution in [0.5, 0.6) is 0 Å².